The highest BCUT2D eigenvalue weighted by Crippen LogP contribution is 2.38. The number of halogens is 2. The van der Waals surface area contributed by atoms with Crippen molar-refractivity contribution in [3.8, 4) is 11.1 Å². The number of esters is 1. The molecular weight excluding hydrogens is 441 g/mol. The number of carbonyl (C=O) groups is 2. The Hall–Kier alpha value is -2.34. The van der Waals surface area contributed by atoms with Crippen molar-refractivity contribution in [2.24, 2.45) is 0 Å². The zero-order chi connectivity index (χ0) is 21.3. The van der Waals surface area contributed by atoms with Crippen LogP contribution in [0.25, 0.3) is 11.1 Å². The van der Waals surface area contributed by atoms with Gasteiger partial charge in [0.15, 0.2) is 0 Å². The van der Waals surface area contributed by atoms with E-state index in [1.165, 1.54) is 48.5 Å². The Morgan fingerprint density at radius 2 is 1.80 bits per heavy atom. The monoisotopic (exact) mass is 459 g/mol. The summed E-state index contributed by atoms with van der Waals surface area (Å²) < 4.78 is 5.01. The van der Waals surface area contributed by atoms with Gasteiger partial charge in [0, 0.05) is 16.0 Å². The molecule has 154 valence electrons. The second-order valence-electron chi connectivity index (χ2n) is 7.11. The third kappa shape index (κ3) is 4.10. The SMILES string of the molecule is COC(=O)c1c(-c2ccc3c(c2)CCCC3)csc1NC(=O)c1ccc(Cl)cc1Cl. The van der Waals surface area contributed by atoms with Crippen LogP contribution in [0, 0.1) is 0 Å². The van der Waals surface area contributed by atoms with E-state index in [0.717, 1.165) is 24.0 Å². The second-order valence-corrected chi connectivity index (χ2v) is 8.84. The zero-order valence-corrected chi connectivity index (χ0v) is 18.6. The van der Waals surface area contributed by atoms with E-state index in [9.17, 15) is 9.59 Å². The molecule has 1 aliphatic carbocycles. The van der Waals surface area contributed by atoms with E-state index in [-0.39, 0.29) is 10.6 Å². The Labute approximate surface area is 188 Å². The molecule has 0 saturated carbocycles. The molecule has 0 spiro atoms. The molecule has 0 atom stereocenters. The average Bonchev–Trinajstić information content (AvgIpc) is 3.16. The van der Waals surface area contributed by atoms with Gasteiger partial charge in [-0.15, -0.1) is 11.3 Å². The number of aryl methyl sites for hydroxylation is 2. The molecule has 0 radical (unpaired) electrons. The molecule has 4 nitrogen and oxygen atoms in total. The van der Waals surface area contributed by atoms with Gasteiger partial charge >= 0.3 is 5.97 Å². The lowest BCUT2D eigenvalue weighted by Gasteiger charge is -2.16. The van der Waals surface area contributed by atoms with Crippen molar-refractivity contribution in [3.63, 3.8) is 0 Å². The summed E-state index contributed by atoms with van der Waals surface area (Å²) in [4.78, 5) is 25.4. The average molecular weight is 460 g/mol. The summed E-state index contributed by atoms with van der Waals surface area (Å²) in [6.07, 6.45) is 4.51. The van der Waals surface area contributed by atoms with Crippen LogP contribution in [0.1, 0.15) is 44.7 Å². The van der Waals surface area contributed by atoms with Gasteiger partial charge in [-0.25, -0.2) is 4.79 Å². The standard InChI is InChI=1S/C23H19Cl2NO3S/c1-29-23(28)20-18(15-7-6-13-4-2-3-5-14(13)10-15)12-30-22(20)26-21(27)17-9-8-16(24)11-19(17)25/h6-12H,2-5H2,1H3,(H,26,27). The lowest BCUT2D eigenvalue weighted by Crippen LogP contribution is -2.14. The van der Waals surface area contributed by atoms with E-state index in [2.05, 4.69) is 17.4 Å². The van der Waals surface area contributed by atoms with Crippen molar-refractivity contribution in [2.75, 3.05) is 12.4 Å². The maximum Gasteiger partial charge on any atom is 0.341 e. The quantitative estimate of drug-likeness (QED) is 0.444. The van der Waals surface area contributed by atoms with Crippen LogP contribution < -0.4 is 5.32 Å². The summed E-state index contributed by atoms with van der Waals surface area (Å²) >= 11 is 13.4. The summed E-state index contributed by atoms with van der Waals surface area (Å²) in [7, 11) is 1.33. The van der Waals surface area contributed by atoms with Gasteiger partial charge in [-0.2, -0.15) is 0 Å². The summed E-state index contributed by atoms with van der Waals surface area (Å²) in [6.45, 7) is 0. The van der Waals surface area contributed by atoms with Crippen LogP contribution in [-0.2, 0) is 17.6 Å². The number of fused-ring (bicyclic) bond motifs is 1. The number of thiophene rings is 1. The molecule has 0 unspecified atom stereocenters. The summed E-state index contributed by atoms with van der Waals surface area (Å²) in [5.41, 5.74) is 5.00. The van der Waals surface area contributed by atoms with Gasteiger partial charge in [-0.1, -0.05) is 41.4 Å². The largest absolute Gasteiger partial charge is 0.465 e. The molecular formula is C23H19Cl2NO3S. The molecule has 0 fully saturated rings. The van der Waals surface area contributed by atoms with E-state index in [4.69, 9.17) is 27.9 Å². The Bertz CT molecular complexity index is 1140. The maximum atomic E-state index is 12.8. The normalized spacial score (nSPS) is 12.9. The van der Waals surface area contributed by atoms with Crippen LogP contribution in [0.3, 0.4) is 0 Å². The number of anilines is 1. The number of carbonyl (C=O) groups excluding carboxylic acids is 2. The summed E-state index contributed by atoms with van der Waals surface area (Å²) in [5, 5.41) is 5.78. The predicted molar refractivity (Wildman–Crippen MR) is 122 cm³/mol. The van der Waals surface area contributed by atoms with E-state index >= 15 is 0 Å². The molecule has 3 aromatic rings. The van der Waals surface area contributed by atoms with Crippen LogP contribution >= 0.6 is 34.5 Å². The lowest BCUT2D eigenvalue weighted by molar-refractivity contribution is 0.0603. The van der Waals surface area contributed by atoms with Crippen molar-refractivity contribution in [2.45, 2.75) is 25.7 Å². The zero-order valence-electron chi connectivity index (χ0n) is 16.3. The van der Waals surface area contributed by atoms with Gasteiger partial charge < -0.3 is 10.1 Å². The molecule has 0 saturated heterocycles. The first-order valence-electron chi connectivity index (χ1n) is 9.56. The van der Waals surface area contributed by atoms with Crippen LogP contribution in [0.4, 0.5) is 5.00 Å². The Balaban J connectivity index is 1.71. The van der Waals surface area contributed by atoms with Crippen molar-refractivity contribution in [1.29, 1.82) is 0 Å². The van der Waals surface area contributed by atoms with Crippen LogP contribution in [-0.4, -0.2) is 19.0 Å². The van der Waals surface area contributed by atoms with Gasteiger partial charge in [0.2, 0.25) is 0 Å². The molecule has 1 aromatic heterocycles. The Kier molecular flexibility index (Phi) is 6.14. The van der Waals surface area contributed by atoms with E-state index in [0.29, 0.717) is 15.6 Å². The predicted octanol–water partition coefficient (Wildman–Crippen LogP) is 6.64. The van der Waals surface area contributed by atoms with E-state index in [1.807, 2.05) is 11.4 Å². The van der Waals surface area contributed by atoms with Crippen LogP contribution in [0.15, 0.2) is 41.8 Å². The topological polar surface area (TPSA) is 55.4 Å². The highest BCUT2D eigenvalue weighted by molar-refractivity contribution is 7.15. The fraction of sp³-hybridized carbons (Fsp3) is 0.217. The van der Waals surface area contributed by atoms with Gasteiger partial charge in [0.25, 0.3) is 5.91 Å². The van der Waals surface area contributed by atoms with Gasteiger partial charge in [0.05, 0.1) is 17.7 Å². The Morgan fingerprint density at radius 3 is 2.53 bits per heavy atom. The van der Waals surface area contributed by atoms with Gasteiger partial charge in [-0.05, 0) is 60.6 Å². The van der Waals surface area contributed by atoms with Crippen molar-refractivity contribution in [1.82, 2.24) is 0 Å². The summed E-state index contributed by atoms with van der Waals surface area (Å²) in [6, 6.07) is 11.0. The number of benzene rings is 2. The first-order chi connectivity index (χ1) is 14.5. The second kappa shape index (κ2) is 8.80. The first kappa shape index (κ1) is 20.9. The van der Waals surface area contributed by atoms with Crippen LogP contribution in [0.5, 0.6) is 0 Å². The highest BCUT2D eigenvalue weighted by Gasteiger charge is 2.24. The minimum Gasteiger partial charge on any atom is -0.465 e. The lowest BCUT2D eigenvalue weighted by atomic mass is 9.89. The number of methoxy groups -OCH3 is 1. The fourth-order valence-electron chi connectivity index (χ4n) is 3.71. The van der Waals surface area contributed by atoms with E-state index in [1.54, 1.807) is 12.1 Å². The van der Waals surface area contributed by atoms with Crippen molar-refractivity contribution in [3.05, 3.63) is 74.1 Å². The maximum absolute atomic E-state index is 12.8. The number of ether oxygens (including phenoxy) is 1. The fourth-order valence-corrected chi connectivity index (χ4v) is 5.16. The number of rotatable bonds is 4. The first-order valence-corrected chi connectivity index (χ1v) is 11.2. The molecule has 2 aromatic carbocycles. The molecule has 4 rings (SSSR count). The summed E-state index contributed by atoms with van der Waals surface area (Å²) in [5.74, 6) is -0.915. The van der Waals surface area contributed by atoms with Gasteiger partial charge in [-0.3, -0.25) is 4.79 Å². The molecule has 1 amide bonds. The van der Waals surface area contributed by atoms with Crippen molar-refractivity contribution < 1.29 is 14.3 Å². The van der Waals surface area contributed by atoms with E-state index < -0.39 is 11.9 Å². The van der Waals surface area contributed by atoms with Crippen LogP contribution in [0.2, 0.25) is 10.0 Å². The molecule has 0 bridgehead atoms. The Morgan fingerprint density at radius 1 is 1.03 bits per heavy atom. The van der Waals surface area contributed by atoms with Crippen molar-refractivity contribution >= 4 is 51.4 Å². The molecule has 1 heterocycles. The molecule has 7 heteroatoms. The number of hydrogen-bond donors (Lipinski definition) is 1. The third-order valence-electron chi connectivity index (χ3n) is 5.24. The smallest absolute Gasteiger partial charge is 0.341 e. The minimum absolute atomic E-state index is 0.242. The highest BCUT2D eigenvalue weighted by atomic mass is 35.5. The molecule has 30 heavy (non-hydrogen) atoms. The van der Waals surface area contributed by atoms with Gasteiger partial charge in [0.1, 0.15) is 10.6 Å². The minimum atomic E-state index is -0.499. The molecule has 1 N–H and O–H groups in total. The number of nitrogens with one attached hydrogen (secondary N) is 1. The number of hydrogen-bond acceptors (Lipinski definition) is 4. The number of amides is 1. The molecule has 0 aliphatic heterocycles. The molecule has 1 aliphatic rings. The third-order valence-corrected chi connectivity index (χ3v) is 6.69.